The lowest BCUT2D eigenvalue weighted by Crippen LogP contribution is -2.29. The van der Waals surface area contributed by atoms with Crippen molar-refractivity contribution in [2.45, 2.75) is 13.8 Å². The zero-order chi connectivity index (χ0) is 13.5. The lowest BCUT2D eigenvalue weighted by molar-refractivity contribution is 0.205. The summed E-state index contributed by atoms with van der Waals surface area (Å²) >= 11 is 0. The van der Waals surface area contributed by atoms with E-state index < -0.39 is 0 Å². The van der Waals surface area contributed by atoms with Crippen molar-refractivity contribution in [3.05, 3.63) is 29.5 Å². The van der Waals surface area contributed by atoms with Crippen LogP contribution >= 0.6 is 0 Å². The Morgan fingerprint density at radius 3 is 2.72 bits per heavy atom. The van der Waals surface area contributed by atoms with E-state index in [4.69, 9.17) is 4.74 Å². The molecule has 0 fully saturated rings. The van der Waals surface area contributed by atoms with Crippen LogP contribution < -0.4 is 4.90 Å². The maximum atomic E-state index is 9.26. The molecule has 1 aromatic rings. The molecule has 0 unspecified atom stereocenters. The molecule has 0 N–H and O–H groups in total. The fraction of sp³-hybridized carbons (Fsp3) is 0.462. The second-order valence-electron chi connectivity index (χ2n) is 3.95. The molecule has 0 aliphatic heterocycles. The van der Waals surface area contributed by atoms with E-state index in [1.807, 2.05) is 18.7 Å². The molecule has 0 bridgehead atoms. The lowest BCUT2D eigenvalue weighted by Gasteiger charge is -2.23. The Balaban J connectivity index is 3.15. The summed E-state index contributed by atoms with van der Waals surface area (Å²) < 4.78 is 5.06. The first kappa shape index (κ1) is 14.1. The Hall–Kier alpha value is -1.93. The van der Waals surface area contributed by atoms with Gasteiger partial charge in [-0.05, 0) is 19.4 Å². The third-order valence-electron chi connectivity index (χ3n) is 2.76. The number of nitriles is 1. The Morgan fingerprint density at radius 1 is 1.44 bits per heavy atom. The van der Waals surface area contributed by atoms with Gasteiger partial charge in [-0.2, -0.15) is 10.4 Å². The Bertz CT molecular complexity index is 465. The molecule has 96 valence electrons. The average Bonchev–Trinajstić information content (AvgIpc) is 2.37. The molecule has 5 heteroatoms. The maximum Gasteiger partial charge on any atom is 0.169 e. The van der Waals surface area contributed by atoms with E-state index in [0.717, 1.165) is 11.3 Å². The van der Waals surface area contributed by atoms with Gasteiger partial charge in [0, 0.05) is 20.2 Å². The highest BCUT2D eigenvalue weighted by Gasteiger charge is 2.16. The van der Waals surface area contributed by atoms with Crippen molar-refractivity contribution in [2.75, 3.05) is 31.7 Å². The summed E-state index contributed by atoms with van der Waals surface area (Å²) in [5.41, 5.74) is 2.22. The van der Waals surface area contributed by atoms with E-state index >= 15 is 0 Å². The summed E-state index contributed by atoms with van der Waals surface area (Å²) in [6.07, 6.45) is 1.77. The van der Waals surface area contributed by atoms with E-state index in [1.54, 1.807) is 13.2 Å². The van der Waals surface area contributed by atoms with Gasteiger partial charge in [0.1, 0.15) is 11.6 Å². The number of rotatable bonds is 6. The van der Waals surface area contributed by atoms with Crippen molar-refractivity contribution in [1.82, 2.24) is 10.2 Å². The van der Waals surface area contributed by atoms with Crippen LogP contribution in [0.15, 0.2) is 12.7 Å². The molecule has 0 aliphatic carbocycles. The quantitative estimate of drug-likeness (QED) is 0.713. The van der Waals surface area contributed by atoms with Crippen molar-refractivity contribution in [3.63, 3.8) is 0 Å². The summed E-state index contributed by atoms with van der Waals surface area (Å²) in [7, 11) is 1.64. The Morgan fingerprint density at radius 2 is 2.17 bits per heavy atom. The number of aryl methyl sites for hydroxylation is 1. The van der Waals surface area contributed by atoms with Crippen LogP contribution in [-0.2, 0) is 4.74 Å². The van der Waals surface area contributed by atoms with Crippen LogP contribution in [0.25, 0.3) is 0 Å². The van der Waals surface area contributed by atoms with Crippen LogP contribution in [-0.4, -0.2) is 37.0 Å². The highest BCUT2D eigenvalue weighted by Crippen LogP contribution is 2.20. The van der Waals surface area contributed by atoms with Crippen molar-refractivity contribution in [1.29, 1.82) is 5.26 Å². The first-order chi connectivity index (χ1) is 8.65. The van der Waals surface area contributed by atoms with Gasteiger partial charge in [0.25, 0.3) is 0 Å². The van der Waals surface area contributed by atoms with E-state index in [0.29, 0.717) is 31.1 Å². The van der Waals surface area contributed by atoms with Crippen molar-refractivity contribution in [3.8, 4) is 6.07 Å². The monoisotopic (exact) mass is 246 g/mol. The molecule has 5 nitrogen and oxygen atoms in total. The summed E-state index contributed by atoms with van der Waals surface area (Å²) in [4.78, 5) is 1.94. The van der Waals surface area contributed by atoms with Gasteiger partial charge in [-0.25, -0.2) is 0 Å². The predicted octanol–water partition coefficient (Wildman–Crippen LogP) is 1.60. The van der Waals surface area contributed by atoms with Crippen LogP contribution in [0.1, 0.15) is 16.8 Å². The lowest BCUT2D eigenvalue weighted by atomic mass is 10.1. The normalized spacial score (nSPS) is 9.89. The van der Waals surface area contributed by atoms with Gasteiger partial charge in [-0.3, -0.25) is 0 Å². The third-order valence-corrected chi connectivity index (χ3v) is 2.76. The first-order valence-corrected chi connectivity index (χ1v) is 5.74. The molecule has 0 radical (unpaired) electrons. The van der Waals surface area contributed by atoms with Crippen molar-refractivity contribution < 1.29 is 4.74 Å². The van der Waals surface area contributed by atoms with Crippen LogP contribution in [0.4, 0.5) is 5.82 Å². The fourth-order valence-electron chi connectivity index (χ4n) is 1.59. The van der Waals surface area contributed by atoms with Gasteiger partial charge in [0.05, 0.1) is 12.3 Å². The van der Waals surface area contributed by atoms with Gasteiger partial charge in [-0.15, -0.1) is 11.7 Å². The highest BCUT2D eigenvalue weighted by molar-refractivity contribution is 5.57. The summed E-state index contributed by atoms with van der Waals surface area (Å²) in [5.74, 6) is 0.595. The minimum Gasteiger partial charge on any atom is -0.383 e. The summed E-state index contributed by atoms with van der Waals surface area (Å²) in [5, 5.41) is 17.5. The van der Waals surface area contributed by atoms with Crippen LogP contribution in [0.2, 0.25) is 0 Å². The van der Waals surface area contributed by atoms with Gasteiger partial charge in [0.2, 0.25) is 0 Å². The minimum atomic E-state index is 0.563. The molecule has 1 heterocycles. The zero-order valence-electron chi connectivity index (χ0n) is 11.1. The fourth-order valence-corrected chi connectivity index (χ4v) is 1.59. The van der Waals surface area contributed by atoms with Gasteiger partial charge >= 0.3 is 0 Å². The van der Waals surface area contributed by atoms with Crippen LogP contribution in [0.5, 0.6) is 0 Å². The Kier molecular flexibility index (Phi) is 5.28. The Labute approximate surface area is 108 Å². The number of aromatic nitrogens is 2. The van der Waals surface area contributed by atoms with Gasteiger partial charge in [-0.1, -0.05) is 6.08 Å². The van der Waals surface area contributed by atoms with Gasteiger partial charge in [0.15, 0.2) is 5.82 Å². The largest absolute Gasteiger partial charge is 0.383 e. The smallest absolute Gasteiger partial charge is 0.169 e. The van der Waals surface area contributed by atoms with Crippen molar-refractivity contribution in [2.24, 2.45) is 0 Å². The molecule has 1 aromatic heterocycles. The zero-order valence-corrected chi connectivity index (χ0v) is 11.1. The molecule has 0 spiro atoms. The van der Waals surface area contributed by atoms with Crippen LogP contribution in [0, 0.1) is 25.2 Å². The summed E-state index contributed by atoms with van der Waals surface area (Å²) in [6.45, 7) is 9.26. The predicted molar refractivity (Wildman–Crippen MR) is 70.5 cm³/mol. The molecule has 0 aliphatic rings. The molecule has 0 saturated heterocycles. The second kappa shape index (κ2) is 6.72. The molecule has 0 aromatic carbocycles. The number of methoxy groups -OCH3 is 1. The number of hydrogen-bond donors (Lipinski definition) is 0. The molecular formula is C13H18N4O. The van der Waals surface area contributed by atoms with E-state index in [2.05, 4.69) is 22.8 Å². The third kappa shape index (κ3) is 3.05. The molecule has 18 heavy (non-hydrogen) atoms. The number of anilines is 1. The number of ether oxygens (including phenoxy) is 1. The van der Waals surface area contributed by atoms with Crippen molar-refractivity contribution >= 4 is 5.82 Å². The van der Waals surface area contributed by atoms with E-state index in [9.17, 15) is 5.26 Å². The first-order valence-electron chi connectivity index (χ1n) is 5.74. The molecule has 0 atom stereocenters. The minimum absolute atomic E-state index is 0.563. The average molecular weight is 246 g/mol. The number of nitrogens with zero attached hydrogens (tertiary/aromatic N) is 4. The molecular weight excluding hydrogens is 228 g/mol. The highest BCUT2D eigenvalue weighted by atomic mass is 16.5. The standard InChI is InChI=1S/C13H18N4O/c1-5-6-17(7-8-18-4)13-12(9-14)10(2)11(3)15-16-13/h5H,1,6-8H2,2-4H3. The number of hydrogen-bond acceptors (Lipinski definition) is 5. The topological polar surface area (TPSA) is 62.0 Å². The second-order valence-corrected chi connectivity index (χ2v) is 3.95. The molecule has 0 amide bonds. The van der Waals surface area contributed by atoms with Gasteiger partial charge < -0.3 is 9.64 Å². The SMILES string of the molecule is C=CCN(CCOC)c1nnc(C)c(C)c1C#N. The van der Waals surface area contributed by atoms with E-state index in [-0.39, 0.29) is 0 Å². The molecule has 1 rings (SSSR count). The summed E-state index contributed by atoms with van der Waals surface area (Å²) in [6, 6.07) is 2.20. The maximum absolute atomic E-state index is 9.26. The van der Waals surface area contributed by atoms with E-state index in [1.165, 1.54) is 0 Å². The van der Waals surface area contributed by atoms with Crippen LogP contribution in [0.3, 0.4) is 0 Å². The molecule has 0 saturated carbocycles.